The van der Waals surface area contributed by atoms with Gasteiger partial charge in [0.1, 0.15) is 6.17 Å². The highest BCUT2D eigenvalue weighted by molar-refractivity contribution is 6.34. The summed E-state index contributed by atoms with van der Waals surface area (Å²) in [5.41, 5.74) is 1.37. The van der Waals surface area contributed by atoms with Crippen LogP contribution in [0.1, 0.15) is 18.0 Å². The molecule has 4 rings (SSSR count). The van der Waals surface area contributed by atoms with Crippen molar-refractivity contribution in [2.24, 2.45) is 0 Å². The summed E-state index contributed by atoms with van der Waals surface area (Å²) in [5, 5.41) is 13.8. The zero-order valence-corrected chi connectivity index (χ0v) is 18.4. The van der Waals surface area contributed by atoms with Gasteiger partial charge < -0.3 is 19.7 Å². The average Bonchev–Trinajstić information content (AvgIpc) is 2.76. The Hall–Kier alpha value is -2.52. The summed E-state index contributed by atoms with van der Waals surface area (Å²) in [6.07, 6.45) is 2.50. The topological polar surface area (TPSA) is 89.3 Å². The maximum Gasteiger partial charge on any atom is 0.251 e. The Morgan fingerprint density at radius 1 is 1.25 bits per heavy atom. The molecule has 1 unspecified atom stereocenters. The number of benzene rings is 1. The maximum absolute atomic E-state index is 14.0. The lowest BCUT2D eigenvalue weighted by Crippen LogP contribution is -2.39. The van der Waals surface area contributed by atoms with Crippen molar-refractivity contribution < 1.29 is 14.2 Å². The Labute approximate surface area is 193 Å². The molecule has 32 heavy (non-hydrogen) atoms. The van der Waals surface area contributed by atoms with E-state index in [9.17, 15) is 14.3 Å². The number of ether oxygens (including phenoxy) is 1. The van der Waals surface area contributed by atoms with Crippen LogP contribution in [0.5, 0.6) is 0 Å². The summed E-state index contributed by atoms with van der Waals surface area (Å²) in [7, 11) is 0. The number of pyridine rings is 1. The lowest BCUT2D eigenvalue weighted by molar-refractivity contribution is 0.0284. The van der Waals surface area contributed by atoms with Crippen LogP contribution in [0.25, 0.3) is 11.3 Å². The van der Waals surface area contributed by atoms with Gasteiger partial charge in [-0.1, -0.05) is 23.2 Å². The quantitative estimate of drug-likeness (QED) is 0.560. The van der Waals surface area contributed by atoms with E-state index in [4.69, 9.17) is 27.9 Å². The Balaban J connectivity index is 1.60. The maximum atomic E-state index is 14.0. The molecular formula is C22H21Cl2FN4O3. The molecule has 0 aliphatic carbocycles. The van der Waals surface area contributed by atoms with Crippen LogP contribution < -0.4 is 10.9 Å². The first-order valence-corrected chi connectivity index (χ1v) is 10.8. The number of halogens is 3. The minimum absolute atomic E-state index is 0.0411. The third-order valence-electron chi connectivity index (χ3n) is 5.28. The average molecular weight is 479 g/mol. The Morgan fingerprint density at radius 2 is 2.03 bits per heavy atom. The first-order chi connectivity index (χ1) is 15.4. The third kappa shape index (κ3) is 5.10. The van der Waals surface area contributed by atoms with Crippen LogP contribution >= 0.6 is 23.2 Å². The van der Waals surface area contributed by atoms with Gasteiger partial charge in [-0.3, -0.25) is 4.79 Å². The van der Waals surface area contributed by atoms with Crippen LogP contribution in [-0.2, 0) is 4.74 Å². The van der Waals surface area contributed by atoms with Gasteiger partial charge in [0.2, 0.25) is 5.95 Å². The van der Waals surface area contributed by atoms with E-state index in [2.05, 4.69) is 15.3 Å². The van der Waals surface area contributed by atoms with Gasteiger partial charge in [-0.2, -0.15) is 0 Å². The molecule has 168 valence electrons. The second-order valence-electron chi connectivity index (χ2n) is 7.46. The van der Waals surface area contributed by atoms with E-state index in [0.717, 1.165) is 0 Å². The zero-order chi connectivity index (χ0) is 22.7. The molecule has 1 fully saturated rings. The number of aliphatic hydroxyl groups excluding tert-OH is 1. The molecular weight excluding hydrogens is 458 g/mol. The highest BCUT2D eigenvalue weighted by Gasteiger charge is 2.26. The summed E-state index contributed by atoms with van der Waals surface area (Å²) >= 11 is 12.1. The predicted molar refractivity (Wildman–Crippen MR) is 121 cm³/mol. The zero-order valence-electron chi connectivity index (χ0n) is 16.9. The smallest absolute Gasteiger partial charge is 0.251 e. The molecule has 1 aliphatic rings. The van der Waals surface area contributed by atoms with Gasteiger partial charge >= 0.3 is 0 Å². The second-order valence-corrected chi connectivity index (χ2v) is 8.33. The Kier molecular flexibility index (Phi) is 7.05. The van der Waals surface area contributed by atoms with E-state index in [1.54, 1.807) is 42.7 Å². The number of anilines is 1. The van der Waals surface area contributed by atoms with Crippen molar-refractivity contribution in [1.82, 2.24) is 14.5 Å². The van der Waals surface area contributed by atoms with Gasteiger partial charge in [0.05, 0.1) is 31.0 Å². The summed E-state index contributed by atoms with van der Waals surface area (Å²) < 4.78 is 20.5. The van der Waals surface area contributed by atoms with Crippen LogP contribution in [0, 0.1) is 0 Å². The minimum Gasteiger partial charge on any atom is -0.394 e. The van der Waals surface area contributed by atoms with Gasteiger partial charge in [-0.25, -0.2) is 14.4 Å². The van der Waals surface area contributed by atoms with Crippen LogP contribution in [0.3, 0.4) is 0 Å². The van der Waals surface area contributed by atoms with E-state index >= 15 is 0 Å². The molecule has 0 radical (unpaired) electrons. The fourth-order valence-electron chi connectivity index (χ4n) is 3.65. The van der Waals surface area contributed by atoms with Crippen molar-refractivity contribution >= 4 is 29.2 Å². The first-order valence-electron chi connectivity index (χ1n) is 10.1. The van der Waals surface area contributed by atoms with E-state index in [1.165, 1.54) is 10.6 Å². The van der Waals surface area contributed by atoms with E-state index in [-0.39, 0.29) is 24.7 Å². The molecule has 7 nitrogen and oxygen atoms in total. The number of rotatable bonds is 6. The Bertz CT molecular complexity index is 1140. The lowest BCUT2D eigenvalue weighted by Gasteiger charge is -2.26. The van der Waals surface area contributed by atoms with Crippen LogP contribution in [0.15, 0.2) is 53.6 Å². The summed E-state index contributed by atoms with van der Waals surface area (Å²) in [6, 6.07) is 8.63. The molecule has 2 N–H and O–H groups in total. The van der Waals surface area contributed by atoms with Crippen molar-refractivity contribution in [3.05, 3.63) is 74.8 Å². The lowest BCUT2D eigenvalue weighted by atomic mass is 10.1. The molecule has 3 aromatic rings. The number of hydrogen-bond acceptors (Lipinski definition) is 6. The molecule has 2 aromatic heterocycles. The van der Waals surface area contributed by atoms with Gasteiger partial charge in [0.25, 0.3) is 5.56 Å². The first kappa shape index (κ1) is 22.7. The van der Waals surface area contributed by atoms with E-state index < -0.39 is 18.3 Å². The fraction of sp³-hybridized carbons (Fsp3) is 0.318. The second kappa shape index (κ2) is 9.95. The molecule has 10 heteroatoms. The Morgan fingerprint density at radius 3 is 2.72 bits per heavy atom. The summed E-state index contributed by atoms with van der Waals surface area (Å²) in [5.74, 6) is 0.281. The molecule has 1 aliphatic heterocycles. The van der Waals surface area contributed by atoms with Crippen molar-refractivity contribution in [1.29, 1.82) is 0 Å². The summed E-state index contributed by atoms with van der Waals surface area (Å²) in [4.78, 5) is 21.5. The molecule has 3 atom stereocenters. The molecule has 3 heterocycles. The molecule has 0 spiro atoms. The highest BCUT2D eigenvalue weighted by atomic mass is 35.5. The van der Waals surface area contributed by atoms with Crippen molar-refractivity contribution in [2.45, 2.75) is 24.7 Å². The SMILES string of the molecule is O=c1cc(-c2ccnc(N[C@H]3CCOC[C@H]3F)n2)ccn1C(CO)c1cc(Cl)cc(Cl)c1. The number of aromatic nitrogens is 3. The monoisotopic (exact) mass is 478 g/mol. The minimum atomic E-state index is -1.14. The van der Waals surface area contributed by atoms with Crippen molar-refractivity contribution in [3.8, 4) is 11.3 Å². The standard InChI is InChI=1S/C22H21Cl2FN4O3/c23-15-7-14(8-16(24)10-15)20(11-30)29-5-2-13(9-21(29)31)18-1-4-26-22(27-18)28-19-3-6-32-12-17(19)25/h1-2,4-5,7-10,17,19-20,30H,3,6,11-12H2,(H,26,27,28)/t17-,19+,20?/m1/s1. The summed E-state index contributed by atoms with van der Waals surface area (Å²) in [6.45, 7) is 0.201. The van der Waals surface area contributed by atoms with Gasteiger partial charge in [0, 0.05) is 40.7 Å². The van der Waals surface area contributed by atoms with Gasteiger partial charge in [0.15, 0.2) is 0 Å². The molecule has 1 saturated heterocycles. The largest absolute Gasteiger partial charge is 0.394 e. The molecule has 0 saturated carbocycles. The van der Waals surface area contributed by atoms with Crippen molar-refractivity contribution in [2.75, 3.05) is 25.1 Å². The number of alkyl halides is 1. The normalized spacial score (nSPS) is 19.5. The highest BCUT2D eigenvalue weighted by Crippen LogP contribution is 2.26. The number of nitrogens with one attached hydrogen (secondary N) is 1. The van der Waals surface area contributed by atoms with Crippen LogP contribution in [0.4, 0.5) is 10.3 Å². The van der Waals surface area contributed by atoms with Crippen LogP contribution in [0.2, 0.25) is 10.0 Å². The predicted octanol–water partition coefficient (Wildman–Crippen LogP) is 3.73. The third-order valence-corrected chi connectivity index (χ3v) is 5.72. The number of aliphatic hydroxyl groups is 1. The van der Waals surface area contributed by atoms with Crippen molar-refractivity contribution in [3.63, 3.8) is 0 Å². The van der Waals surface area contributed by atoms with Gasteiger partial charge in [-0.05, 0) is 42.3 Å². The molecule has 1 aromatic carbocycles. The number of hydrogen-bond donors (Lipinski definition) is 2. The molecule has 0 bridgehead atoms. The van der Waals surface area contributed by atoms with Gasteiger partial charge in [-0.15, -0.1) is 0 Å². The molecule has 0 amide bonds. The van der Waals surface area contributed by atoms with E-state index in [0.29, 0.717) is 39.9 Å². The fourth-order valence-corrected chi connectivity index (χ4v) is 4.19. The van der Waals surface area contributed by atoms with Crippen LogP contribution in [-0.4, -0.2) is 51.7 Å². The number of nitrogens with zero attached hydrogens (tertiary/aromatic N) is 3. The van der Waals surface area contributed by atoms with E-state index in [1.807, 2.05) is 0 Å².